The van der Waals surface area contributed by atoms with Gasteiger partial charge in [-0.15, -0.1) is 0 Å². The third-order valence-electron chi connectivity index (χ3n) is 5.58. The minimum Gasteiger partial charge on any atom is -0.507 e. The number of ketones is 1. The summed E-state index contributed by atoms with van der Waals surface area (Å²) in [5.74, 6) is -0.649. The van der Waals surface area contributed by atoms with Gasteiger partial charge in [0, 0.05) is 6.54 Å². The molecule has 0 radical (unpaired) electrons. The van der Waals surface area contributed by atoms with Crippen LogP contribution in [0.1, 0.15) is 44.4 Å². The van der Waals surface area contributed by atoms with Gasteiger partial charge in [-0.05, 0) is 36.1 Å². The molecule has 188 valence electrons. The lowest BCUT2D eigenvalue weighted by molar-refractivity contribution is -0.139. The van der Waals surface area contributed by atoms with Crippen molar-refractivity contribution in [2.24, 2.45) is 5.92 Å². The van der Waals surface area contributed by atoms with E-state index in [9.17, 15) is 14.7 Å². The smallest absolute Gasteiger partial charge is 0.295 e. The molecule has 1 fully saturated rings. The normalized spacial score (nSPS) is 17.3. The van der Waals surface area contributed by atoms with E-state index in [0.717, 1.165) is 0 Å². The van der Waals surface area contributed by atoms with Crippen molar-refractivity contribution in [1.29, 1.82) is 0 Å². The first kappa shape index (κ1) is 26.7. The monoisotopic (exact) mass is 521 g/mol. The summed E-state index contributed by atoms with van der Waals surface area (Å²) in [5.41, 5.74) is 0.662. The van der Waals surface area contributed by atoms with Gasteiger partial charge in [0.25, 0.3) is 11.7 Å². The van der Waals surface area contributed by atoms with Crippen LogP contribution in [-0.2, 0) is 9.59 Å². The number of carbonyl (C=O) groups is 2. The first-order valence-corrected chi connectivity index (χ1v) is 12.0. The Bertz CT molecular complexity index is 1140. The summed E-state index contributed by atoms with van der Waals surface area (Å²) in [6.45, 7) is 6.91. The number of Topliss-reactive ketones (excluding diaryl/α,β-unsaturated/α-hetero) is 1. The van der Waals surface area contributed by atoms with Crippen LogP contribution in [0.25, 0.3) is 5.76 Å². The average Bonchev–Trinajstić information content (AvgIpc) is 3.08. The van der Waals surface area contributed by atoms with E-state index in [2.05, 4.69) is 13.8 Å². The summed E-state index contributed by atoms with van der Waals surface area (Å²) < 4.78 is 16.4. The number of carbonyl (C=O) groups excluding carboxylic acids is 2. The van der Waals surface area contributed by atoms with Crippen molar-refractivity contribution >= 4 is 40.7 Å². The second-order valence-electron chi connectivity index (χ2n) is 8.55. The Labute approximate surface area is 215 Å². The minimum absolute atomic E-state index is 0.0371. The highest BCUT2D eigenvalue weighted by molar-refractivity contribution is 6.47. The number of hydrogen-bond acceptors (Lipinski definition) is 6. The van der Waals surface area contributed by atoms with Crippen molar-refractivity contribution in [3.8, 4) is 17.2 Å². The molecule has 0 spiro atoms. The lowest BCUT2D eigenvalue weighted by atomic mass is 9.94. The number of ether oxygens (including phenoxy) is 3. The van der Waals surface area contributed by atoms with E-state index >= 15 is 0 Å². The predicted octanol–water partition coefficient (Wildman–Crippen LogP) is 5.88. The van der Waals surface area contributed by atoms with Crippen molar-refractivity contribution in [2.75, 3.05) is 27.4 Å². The second kappa shape index (κ2) is 11.2. The highest BCUT2D eigenvalue weighted by Gasteiger charge is 2.46. The van der Waals surface area contributed by atoms with Crippen LogP contribution in [0.3, 0.4) is 0 Å². The Morgan fingerprint density at radius 3 is 2.26 bits per heavy atom. The summed E-state index contributed by atoms with van der Waals surface area (Å²) in [6.07, 6.45) is 0.628. The number of hydrogen-bond donors (Lipinski definition) is 1. The molecule has 0 saturated carbocycles. The van der Waals surface area contributed by atoms with E-state index in [-0.39, 0.29) is 32.7 Å². The molecule has 1 saturated heterocycles. The SMILES string of the molecule is CCCN1C(=O)C(=O)/C(=C(/O)c2cc(Cl)c(OC)c(Cl)c2OC)C1c1ccc(OCC(C)C)cc1. The zero-order valence-corrected chi connectivity index (χ0v) is 21.9. The molecule has 2 aromatic carbocycles. The van der Waals surface area contributed by atoms with Gasteiger partial charge in [0.1, 0.15) is 16.5 Å². The number of likely N-dealkylation sites (tertiary alicyclic amines) is 1. The highest BCUT2D eigenvalue weighted by atomic mass is 35.5. The molecule has 0 aromatic heterocycles. The van der Waals surface area contributed by atoms with Gasteiger partial charge < -0.3 is 24.2 Å². The first-order chi connectivity index (χ1) is 16.7. The van der Waals surface area contributed by atoms with E-state index in [1.54, 1.807) is 24.3 Å². The van der Waals surface area contributed by atoms with Gasteiger partial charge in [-0.25, -0.2) is 0 Å². The lowest BCUT2D eigenvalue weighted by Gasteiger charge is -2.25. The molecular formula is C26H29Cl2NO6. The zero-order chi connectivity index (χ0) is 25.9. The summed E-state index contributed by atoms with van der Waals surface area (Å²) in [5, 5.41) is 11.5. The largest absolute Gasteiger partial charge is 0.507 e. The number of halogens is 2. The quantitative estimate of drug-likeness (QED) is 0.252. The fourth-order valence-corrected chi connectivity index (χ4v) is 4.69. The molecule has 1 amide bonds. The summed E-state index contributed by atoms with van der Waals surface area (Å²) in [6, 6.07) is 7.73. The molecule has 7 nitrogen and oxygen atoms in total. The first-order valence-electron chi connectivity index (χ1n) is 11.3. The lowest BCUT2D eigenvalue weighted by Crippen LogP contribution is -2.30. The highest BCUT2D eigenvalue weighted by Crippen LogP contribution is 2.47. The van der Waals surface area contributed by atoms with E-state index in [4.69, 9.17) is 37.4 Å². The Morgan fingerprint density at radius 1 is 1.09 bits per heavy atom. The summed E-state index contributed by atoms with van der Waals surface area (Å²) >= 11 is 12.7. The molecule has 35 heavy (non-hydrogen) atoms. The Balaban J connectivity index is 2.18. The summed E-state index contributed by atoms with van der Waals surface area (Å²) in [7, 11) is 2.77. The number of amides is 1. The maximum atomic E-state index is 13.2. The molecule has 1 aliphatic heterocycles. The van der Waals surface area contributed by atoms with Crippen LogP contribution in [0.15, 0.2) is 35.9 Å². The van der Waals surface area contributed by atoms with Crippen molar-refractivity contribution in [3.05, 3.63) is 57.1 Å². The van der Waals surface area contributed by atoms with Gasteiger partial charge in [-0.3, -0.25) is 9.59 Å². The van der Waals surface area contributed by atoms with Crippen LogP contribution in [0.5, 0.6) is 17.2 Å². The van der Waals surface area contributed by atoms with Gasteiger partial charge in [-0.2, -0.15) is 0 Å². The maximum Gasteiger partial charge on any atom is 0.295 e. The van der Waals surface area contributed by atoms with Crippen LogP contribution in [-0.4, -0.2) is 49.1 Å². The fourth-order valence-electron chi connectivity index (χ4n) is 4.00. The van der Waals surface area contributed by atoms with Crippen LogP contribution in [0.4, 0.5) is 0 Å². The molecule has 0 aliphatic carbocycles. The van der Waals surface area contributed by atoms with Gasteiger partial charge >= 0.3 is 0 Å². The molecule has 9 heteroatoms. The molecular weight excluding hydrogens is 493 g/mol. The third-order valence-corrected chi connectivity index (χ3v) is 6.20. The van der Waals surface area contributed by atoms with Gasteiger partial charge in [0.15, 0.2) is 11.5 Å². The second-order valence-corrected chi connectivity index (χ2v) is 9.34. The minimum atomic E-state index is -0.807. The topological polar surface area (TPSA) is 85.3 Å². The molecule has 3 rings (SSSR count). The van der Waals surface area contributed by atoms with Gasteiger partial charge in [0.2, 0.25) is 0 Å². The molecule has 2 aromatic rings. The van der Waals surface area contributed by atoms with Crippen LogP contribution in [0.2, 0.25) is 10.0 Å². The van der Waals surface area contributed by atoms with Gasteiger partial charge in [0.05, 0.1) is 43.0 Å². The molecule has 1 atom stereocenters. The standard InChI is InChI=1S/C26H29Cl2NO6/c1-6-11-29-21(15-7-9-16(10-8-15)35-13-14(2)3)19(23(31)26(29)32)22(30)17-12-18(27)25(34-5)20(28)24(17)33-4/h7-10,12,14,21,30H,6,11,13H2,1-5H3/b22-19+. The molecule has 1 aliphatic rings. The molecule has 1 unspecified atom stereocenters. The molecule has 0 bridgehead atoms. The van der Waals surface area contributed by atoms with Crippen molar-refractivity contribution in [3.63, 3.8) is 0 Å². The fraction of sp³-hybridized carbons (Fsp3) is 0.385. The van der Waals surface area contributed by atoms with E-state index in [0.29, 0.717) is 36.8 Å². The molecule has 1 heterocycles. The van der Waals surface area contributed by atoms with Crippen molar-refractivity contribution < 1.29 is 28.9 Å². The number of rotatable bonds is 9. The van der Waals surface area contributed by atoms with E-state index < -0.39 is 23.5 Å². The number of aliphatic hydroxyl groups is 1. The van der Waals surface area contributed by atoms with E-state index in [1.165, 1.54) is 25.2 Å². The summed E-state index contributed by atoms with van der Waals surface area (Å²) in [4.78, 5) is 27.6. The number of benzene rings is 2. The van der Waals surface area contributed by atoms with Gasteiger partial charge in [-0.1, -0.05) is 56.1 Å². The van der Waals surface area contributed by atoms with Crippen molar-refractivity contribution in [2.45, 2.75) is 33.2 Å². The van der Waals surface area contributed by atoms with Crippen LogP contribution >= 0.6 is 23.2 Å². The van der Waals surface area contributed by atoms with Crippen molar-refractivity contribution in [1.82, 2.24) is 4.90 Å². The third kappa shape index (κ3) is 5.21. The maximum absolute atomic E-state index is 13.2. The average molecular weight is 522 g/mol. The Hall–Kier alpha value is -2.90. The number of aliphatic hydroxyl groups excluding tert-OH is 1. The number of nitrogens with zero attached hydrogens (tertiary/aromatic N) is 1. The van der Waals surface area contributed by atoms with Crippen LogP contribution in [0, 0.1) is 5.92 Å². The predicted molar refractivity (Wildman–Crippen MR) is 136 cm³/mol. The zero-order valence-electron chi connectivity index (χ0n) is 20.4. The number of methoxy groups -OCH3 is 2. The van der Waals surface area contributed by atoms with Crippen LogP contribution < -0.4 is 14.2 Å². The Kier molecular flexibility index (Phi) is 8.56. The molecule has 1 N–H and O–H groups in total. The van der Waals surface area contributed by atoms with E-state index in [1.807, 2.05) is 6.92 Å². The Morgan fingerprint density at radius 2 is 1.71 bits per heavy atom.